The minimum absolute atomic E-state index is 0.114. The largest absolute Gasteiger partial charge is 0.353 e. The number of hydrogen-bond acceptors (Lipinski definition) is 6. The Morgan fingerprint density at radius 2 is 2.00 bits per heavy atom. The summed E-state index contributed by atoms with van der Waals surface area (Å²) in [5, 5.41) is 8.72. The van der Waals surface area contributed by atoms with Crippen molar-refractivity contribution in [3.05, 3.63) is 29.1 Å². The summed E-state index contributed by atoms with van der Waals surface area (Å²) in [7, 11) is 0. The van der Waals surface area contributed by atoms with Crippen molar-refractivity contribution >= 4 is 28.2 Å². The van der Waals surface area contributed by atoms with E-state index in [-0.39, 0.29) is 5.54 Å². The van der Waals surface area contributed by atoms with E-state index >= 15 is 0 Å². The molecule has 0 aliphatic carbocycles. The number of fused-ring (bicyclic) bond motifs is 1. The van der Waals surface area contributed by atoms with Crippen LogP contribution in [0.25, 0.3) is 11.0 Å². The molecule has 0 aliphatic heterocycles. The van der Waals surface area contributed by atoms with Crippen LogP contribution < -0.4 is 4.90 Å². The highest BCUT2D eigenvalue weighted by molar-refractivity contribution is 7.09. The third-order valence-corrected chi connectivity index (χ3v) is 4.77. The number of hydrogen-bond donors (Lipinski definition) is 0. The van der Waals surface area contributed by atoms with Gasteiger partial charge in [-0.3, -0.25) is 0 Å². The summed E-state index contributed by atoms with van der Waals surface area (Å²) in [4.78, 5) is 15.7. The molecule has 24 heavy (non-hydrogen) atoms. The second-order valence-electron chi connectivity index (χ2n) is 7.12. The van der Waals surface area contributed by atoms with Gasteiger partial charge in [-0.25, -0.2) is 19.6 Å². The first-order chi connectivity index (χ1) is 11.4. The molecule has 3 aromatic heterocycles. The fraction of sp³-hybridized carbons (Fsp3) is 0.529. The van der Waals surface area contributed by atoms with Gasteiger partial charge in [0.25, 0.3) is 0 Å². The lowest BCUT2D eigenvalue weighted by molar-refractivity contribution is 0.366. The van der Waals surface area contributed by atoms with Crippen molar-refractivity contribution in [1.82, 2.24) is 24.7 Å². The van der Waals surface area contributed by atoms with Crippen LogP contribution in [-0.4, -0.2) is 37.3 Å². The number of aromatic nitrogens is 5. The first-order valence-electron chi connectivity index (χ1n) is 8.22. The Balaban J connectivity index is 1.97. The molecular weight excluding hydrogens is 320 g/mol. The Labute approximate surface area is 146 Å². The topological polar surface area (TPSA) is 59.7 Å². The molecule has 0 N–H and O–H groups in total. The zero-order valence-corrected chi connectivity index (χ0v) is 15.7. The minimum Gasteiger partial charge on any atom is -0.353 e. The van der Waals surface area contributed by atoms with Gasteiger partial charge in [0.15, 0.2) is 5.65 Å². The summed E-state index contributed by atoms with van der Waals surface area (Å²) in [6, 6.07) is 0.334. The quantitative estimate of drug-likeness (QED) is 0.709. The van der Waals surface area contributed by atoms with Gasteiger partial charge in [-0.1, -0.05) is 0 Å². The Kier molecular flexibility index (Phi) is 4.54. The van der Waals surface area contributed by atoms with Crippen molar-refractivity contribution in [3.63, 3.8) is 0 Å². The summed E-state index contributed by atoms with van der Waals surface area (Å²) >= 11 is 1.70. The van der Waals surface area contributed by atoms with Gasteiger partial charge in [-0.15, -0.1) is 11.3 Å². The maximum Gasteiger partial charge on any atom is 0.163 e. The van der Waals surface area contributed by atoms with Crippen LogP contribution in [0.3, 0.4) is 0 Å². The lowest BCUT2D eigenvalue weighted by Gasteiger charge is -2.28. The Bertz CT molecular complexity index is 800. The average Bonchev–Trinajstić information content (AvgIpc) is 3.15. The Morgan fingerprint density at radius 3 is 2.62 bits per heavy atom. The molecule has 3 heterocycles. The van der Waals surface area contributed by atoms with Crippen LogP contribution in [0, 0.1) is 0 Å². The maximum atomic E-state index is 4.57. The van der Waals surface area contributed by atoms with Crippen molar-refractivity contribution in [1.29, 1.82) is 0 Å². The Hall–Kier alpha value is -2.02. The highest BCUT2D eigenvalue weighted by Crippen LogP contribution is 2.27. The zero-order chi connectivity index (χ0) is 17.3. The number of rotatable bonds is 5. The SMILES string of the molecule is CC(C)N(CCc1nccs1)c1ncnc2c1cnn2C(C)(C)C. The van der Waals surface area contributed by atoms with Crippen LogP contribution in [0.15, 0.2) is 24.1 Å². The summed E-state index contributed by atoms with van der Waals surface area (Å²) in [5.74, 6) is 0.946. The summed E-state index contributed by atoms with van der Waals surface area (Å²) < 4.78 is 1.97. The molecular formula is C17H24N6S. The van der Waals surface area contributed by atoms with Gasteiger partial charge in [-0.2, -0.15) is 5.10 Å². The van der Waals surface area contributed by atoms with E-state index in [1.807, 2.05) is 22.5 Å². The van der Waals surface area contributed by atoms with E-state index in [4.69, 9.17) is 0 Å². The first-order valence-corrected chi connectivity index (χ1v) is 9.10. The van der Waals surface area contributed by atoms with Gasteiger partial charge in [0.05, 0.1) is 22.1 Å². The molecule has 0 fully saturated rings. The smallest absolute Gasteiger partial charge is 0.163 e. The third-order valence-electron chi connectivity index (χ3n) is 3.93. The molecule has 3 rings (SSSR count). The van der Waals surface area contributed by atoms with Crippen LogP contribution in [0.4, 0.5) is 5.82 Å². The fourth-order valence-corrected chi connectivity index (χ4v) is 3.36. The minimum atomic E-state index is -0.114. The van der Waals surface area contributed by atoms with E-state index < -0.39 is 0 Å². The van der Waals surface area contributed by atoms with Crippen molar-refractivity contribution < 1.29 is 0 Å². The van der Waals surface area contributed by atoms with Gasteiger partial charge in [-0.05, 0) is 34.6 Å². The van der Waals surface area contributed by atoms with Crippen LogP contribution in [0.1, 0.15) is 39.6 Å². The molecule has 7 heteroatoms. The van der Waals surface area contributed by atoms with E-state index in [1.165, 1.54) is 0 Å². The number of thiazole rings is 1. The maximum absolute atomic E-state index is 4.57. The molecule has 0 saturated carbocycles. The highest BCUT2D eigenvalue weighted by Gasteiger charge is 2.22. The van der Waals surface area contributed by atoms with Crippen molar-refractivity contribution in [3.8, 4) is 0 Å². The predicted molar refractivity (Wildman–Crippen MR) is 98.6 cm³/mol. The third kappa shape index (κ3) is 3.26. The molecule has 6 nitrogen and oxygen atoms in total. The molecule has 0 saturated heterocycles. The van der Waals surface area contributed by atoms with Crippen molar-refractivity contribution in [2.24, 2.45) is 0 Å². The van der Waals surface area contributed by atoms with Gasteiger partial charge in [0.1, 0.15) is 12.1 Å². The molecule has 0 bridgehead atoms. The second kappa shape index (κ2) is 6.47. The van der Waals surface area contributed by atoms with Crippen molar-refractivity contribution in [2.45, 2.75) is 52.6 Å². The number of nitrogens with zero attached hydrogens (tertiary/aromatic N) is 6. The van der Waals surface area contributed by atoms with E-state index in [2.05, 4.69) is 59.6 Å². The van der Waals surface area contributed by atoms with Crippen molar-refractivity contribution in [2.75, 3.05) is 11.4 Å². The normalized spacial score (nSPS) is 12.2. The van der Waals surface area contributed by atoms with E-state index in [0.29, 0.717) is 6.04 Å². The number of anilines is 1. The molecule has 0 radical (unpaired) electrons. The summed E-state index contributed by atoms with van der Waals surface area (Å²) in [6.45, 7) is 11.6. The van der Waals surface area contributed by atoms with Crippen LogP contribution in [-0.2, 0) is 12.0 Å². The summed E-state index contributed by atoms with van der Waals surface area (Å²) in [5.41, 5.74) is 0.768. The average molecular weight is 344 g/mol. The highest BCUT2D eigenvalue weighted by atomic mass is 32.1. The van der Waals surface area contributed by atoms with Crippen LogP contribution in [0.2, 0.25) is 0 Å². The molecule has 128 valence electrons. The van der Waals surface area contributed by atoms with E-state index in [1.54, 1.807) is 17.7 Å². The van der Waals surface area contributed by atoms with Crippen LogP contribution >= 0.6 is 11.3 Å². The molecule has 0 amide bonds. The lowest BCUT2D eigenvalue weighted by Crippen LogP contribution is -2.33. The van der Waals surface area contributed by atoms with Crippen LogP contribution in [0.5, 0.6) is 0 Å². The first kappa shape index (κ1) is 16.8. The van der Waals surface area contributed by atoms with Gasteiger partial charge < -0.3 is 4.90 Å². The zero-order valence-electron chi connectivity index (χ0n) is 14.9. The monoisotopic (exact) mass is 344 g/mol. The van der Waals surface area contributed by atoms with E-state index in [0.717, 1.165) is 34.8 Å². The Morgan fingerprint density at radius 1 is 1.21 bits per heavy atom. The summed E-state index contributed by atoms with van der Waals surface area (Å²) in [6.07, 6.45) is 6.29. The molecule has 0 atom stereocenters. The van der Waals surface area contributed by atoms with Gasteiger partial charge in [0, 0.05) is 30.6 Å². The van der Waals surface area contributed by atoms with Gasteiger partial charge >= 0.3 is 0 Å². The molecule has 0 aromatic carbocycles. The molecule has 0 spiro atoms. The lowest BCUT2D eigenvalue weighted by atomic mass is 10.1. The fourth-order valence-electron chi connectivity index (χ4n) is 2.75. The standard InChI is InChI=1S/C17H24N6S/c1-12(2)22(8-6-14-18-7-9-24-14)15-13-10-21-23(17(3,4)5)16(13)20-11-19-15/h7,9-12H,6,8H2,1-5H3. The second-order valence-corrected chi connectivity index (χ2v) is 8.10. The molecule has 0 aliphatic rings. The predicted octanol–water partition coefficient (Wildman–Crippen LogP) is 3.50. The molecule has 3 aromatic rings. The molecule has 0 unspecified atom stereocenters. The van der Waals surface area contributed by atoms with Gasteiger partial charge in [0.2, 0.25) is 0 Å². The van der Waals surface area contributed by atoms with E-state index in [9.17, 15) is 0 Å².